The molecule has 0 bridgehead atoms. The summed E-state index contributed by atoms with van der Waals surface area (Å²) in [5, 5.41) is 3.52. The molecule has 0 saturated heterocycles. The molecular formula is C24H18ClFN2O3. The minimum absolute atomic E-state index is 0.0444. The molecule has 0 atom stereocenters. The van der Waals surface area contributed by atoms with Gasteiger partial charge in [0.2, 0.25) is 0 Å². The summed E-state index contributed by atoms with van der Waals surface area (Å²) in [6, 6.07) is 18.4. The van der Waals surface area contributed by atoms with Crippen molar-refractivity contribution in [2.75, 3.05) is 19.5 Å². The Balaban J connectivity index is 1.81. The number of ether oxygens (including phenoxy) is 2. The summed E-state index contributed by atoms with van der Waals surface area (Å²) >= 11 is 5.80. The standard InChI is InChI=1S/C24H18ClFN2O3/c1-30-22-10-7-14(11-23(22)31-2)21-13-17(16-5-3-4-6-19(16)27-21)24(29)28-20-9-8-15(25)12-18(20)26/h3-13H,1-2H3,(H,28,29). The molecule has 3 aromatic carbocycles. The number of carbonyl (C=O) groups is 1. The van der Waals surface area contributed by atoms with Crippen LogP contribution in [-0.4, -0.2) is 25.1 Å². The van der Waals surface area contributed by atoms with Crippen LogP contribution in [0.1, 0.15) is 10.4 Å². The Kier molecular flexibility index (Phi) is 5.73. The highest BCUT2D eigenvalue weighted by atomic mass is 35.5. The highest BCUT2D eigenvalue weighted by Gasteiger charge is 2.17. The molecule has 0 aliphatic rings. The molecule has 31 heavy (non-hydrogen) atoms. The number of anilines is 1. The van der Waals surface area contributed by atoms with Gasteiger partial charge < -0.3 is 14.8 Å². The van der Waals surface area contributed by atoms with Gasteiger partial charge in [0.15, 0.2) is 11.5 Å². The summed E-state index contributed by atoms with van der Waals surface area (Å²) < 4.78 is 24.9. The van der Waals surface area contributed by atoms with Crippen molar-refractivity contribution in [3.8, 4) is 22.8 Å². The van der Waals surface area contributed by atoms with Crippen molar-refractivity contribution >= 4 is 34.1 Å². The van der Waals surface area contributed by atoms with Crippen LogP contribution in [0, 0.1) is 5.82 Å². The van der Waals surface area contributed by atoms with Crippen LogP contribution in [0.2, 0.25) is 5.02 Å². The number of amides is 1. The number of pyridine rings is 1. The molecule has 0 unspecified atom stereocenters. The third-order valence-corrected chi connectivity index (χ3v) is 5.05. The summed E-state index contributed by atoms with van der Waals surface area (Å²) in [5.41, 5.74) is 2.36. The summed E-state index contributed by atoms with van der Waals surface area (Å²) in [4.78, 5) is 17.8. The van der Waals surface area contributed by atoms with Crippen LogP contribution in [0.4, 0.5) is 10.1 Å². The van der Waals surface area contributed by atoms with E-state index in [1.54, 1.807) is 38.5 Å². The van der Waals surface area contributed by atoms with Crippen LogP contribution in [0.5, 0.6) is 11.5 Å². The van der Waals surface area contributed by atoms with Gasteiger partial charge in [-0.05, 0) is 48.5 Å². The molecule has 7 heteroatoms. The van der Waals surface area contributed by atoms with E-state index in [9.17, 15) is 9.18 Å². The van der Waals surface area contributed by atoms with Crippen LogP contribution >= 0.6 is 11.6 Å². The van der Waals surface area contributed by atoms with Crippen molar-refractivity contribution in [2.45, 2.75) is 0 Å². The number of carbonyl (C=O) groups excluding carboxylic acids is 1. The van der Waals surface area contributed by atoms with Gasteiger partial charge >= 0.3 is 0 Å². The molecule has 0 fully saturated rings. The number of para-hydroxylation sites is 1. The molecule has 1 aromatic heterocycles. The predicted molar refractivity (Wildman–Crippen MR) is 120 cm³/mol. The maximum Gasteiger partial charge on any atom is 0.256 e. The van der Waals surface area contributed by atoms with Crippen molar-refractivity contribution in [2.24, 2.45) is 0 Å². The van der Waals surface area contributed by atoms with E-state index in [1.165, 1.54) is 12.1 Å². The molecule has 5 nitrogen and oxygen atoms in total. The Morgan fingerprint density at radius 1 is 0.968 bits per heavy atom. The van der Waals surface area contributed by atoms with Crippen LogP contribution in [0.25, 0.3) is 22.2 Å². The normalized spacial score (nSPS) is 10.7. The van der Waals surface area contributed by atoms with E-state index >= 15 is 0 Å². The molecule has 0 aliphatic carbocycles. The first kappa shape index (κ1) is 20.6. The van der Waals surface area contributed by atoms with Gasteiger partial charge in [-0.15, -0.1) is 0 Å². The van der Waals surface area contributed by atoms with Gasteiger partial charge in [0.25, 0.3) is 5.91 Å². The summed E-state index contributed by atoms with van der Waals surface area (Å²) in [6.07, 6.45) is 0. The highest BCUT2D eigenvalue weighted by Crippen LogP contribution is 2.33. The fourth-order valence-corrected chi connectivity index (χ4v) is 3.45. The molecule has 0 saturated carbocycles. The van der Waals surface area contributed by atoms with E-state index in [0.717, 1.165) is 11.6 Å². The highest BCUT2D eigenvalue weighted by molar-refractivity contribution is 6.30. The Bertz CT molecular complexity index is 1290. The maximum absolute atomic E-state index is 14.2. The van der Waals surface area contributed by atoms with Crippen LogP contribution < -0.4 is 14.8 Å². The van der Waals surface area contributed by atoms with E-state index in [0.29, 0.717) is 33.7 Å². The number of nitrogens with zero attached hydrogens (tertiary/aromatic N) is 1. The fraction of sp³-hybridized carbons (Fsp3) is 0.0833. The first-order valence-corrected chi connectivity index (χ1v) is 9.76. The van der Waals surface area contributed by atoms with Gasteiger partial charge in [-0.3, -0.25) is 4.79 Å². The van der Waals surface area contributed by atoms with Gasteiger partial charge in [0.1, 0.15) is 5.82 Å². The number of aromatic nitrogens is 1. The lowest BCUT2D eigenvalue weighted by Crippen LogP contribution is -2.14. The zero-order chi connectivity index (χ0) is 22.0. The van der Waals surface area contributed by atoms with Crippen molar-refractivity contribution in [3.63, 3.8) is 0 Å². The molecule has 4 rings (SSSR count). The fourth-order valence-electron chi connectivity index (χ4n) is 3.29. The first-order chi connectivity index (χ1) is 15.0. The molecule has 1 heterocycles. The molecule has 1 N–H and O–H groups in total. The van der Waals surface area contributed by atoms with Crippen molar-refractivity contribution in [3.05, 3.63) is 83.1 Å². The number of nitrogens with one attached hydrogen (secondary N) is 1. The summed E-state index contributed by atoms with van der Waals surface area (Å²) in [5.74, 6) is 0.0632. The summed E-state index contributed by atoms with van der Waals surface area (Å²) in [6.45, 7) is 0. The second kappa shape index (κ2) is 8.62. The van der Waals surface area contributed by atoms with Crippen LogP contribution in [-0.2, 0) is 0 Å². The molecule has 0 aliphatic heterocycles. The Morgan fingerprint density at radius 3 is 2.48 bits per heavy atom. The third-order valence-electron chi connectivity index (χ3n) is 4.82. The maximum atomic E-state index is 14.2. The minimum Gasteiger partial charge on any atom is -0.493 e. The number of methoxy groups -OCH3 is 2. The Hall–Kier alpha value is -3.64. The molecule has 1 amide bonds. The lowest BCUT2D eigenvalue weighted by atomic mass is 10.0. The third kappa shape index (κ3) is 4.15. The van der Waals surface area contributed by atoms with E-state index in [2.05, 4.69) is 10.3 Å². The lowest BCUT2D eigenvalue weighted by molar-refractivity contribution is 0.102. The Morgan fingerprint density at radius 2 is 1.74 bits per heavy atom. The van der Waals surface area contributed by atoms with Gasteiger partial charge in [-0.25, -0.2) is 9.37 Å². The molecule has 156 valence electrons. The number of halogens is 2. The topological polar surface area (TPSA) is 60.5 Å². The van der Waals surface area contributed by atoms with E-state index in [1.807, 2.05) is 24.3 Å². The Labute approximate surface area is 183 Å². The minimum atomic E-state index is -0.612. The molecule has 0 radical (unpaired) electrons. The van der Waals surface area contributed by atoms with Gasteiger partial charge in [0, 0.05) is 16.0 Å². The van der Waals surface area contributed by atoms with E-state index < -0.39 is 11.7 Å². The average molecular weight is 437 g/mol. The number of hydrogen-bond acceptors (Lipinski definition) is 4. The van der Waals surface area contributed by atoms with Crippen LogP contribution in [0.3, 0.4) is 0 Å². The van der Waals surface area contributed by atoms with E-state index in [4.69, 9.17) is 21.1 Å². The molecule has 0 spiro atoms. The lowest BCUT2D eigenvalue weighted by Gasteiger charge is -2.13. The second-order valence-corrected chi connectivity index (χ2v) is 7.16. The van der Waals surface area contributed by atoms with Crippen LogP contribution in [0.15, 0.2) is 66.7 Å². The second-order valence-electron chi connectivity index (χ2n) is 6.72. The van der Waals surface area contributed by atoms with Gasteiger partial charge in [0.05, 0.1) is 36.7 Å². The van der Waals surface area contributed by atoms with Gasteiger partial charge in [-0.1, -0.05) is 29.8 Å². The number of benzene rings is 3. The summed E-state index contributed by atoms with van der Waals surface area (Å²) in [7, 11) is 3.11. The van der Waals surface area contributed by atoms with Crippen molar-refractivity contribution in [1.29, 1.82) is 0 Å². The first-order valence-electron chi connectivity index (χ1n) is 9.38. The number of rotatable bonds is 5. The SMILES string of the molecule is COc1ccc(-c2cc(C(=O)Nc3ccc(Cl)cc3F)c3ccccc3n2)cc1OC. The molecular weight excluding hydrogens is 419 g/mol. The molecule has 4 aromatic rings. The zero-order valence-corrected chi connectivity index (χ0v) is 17.5. The van der Waals surface area contributed by atoms with Gasteiger partial charge in [-0.2, -0.15) is 0 Å². The smallest absolute Gasteiger partial charge is 0.256 e. The number of hydrogen-bond donors (Lipinski definition) is 1. The average Bonchev–Trinajstić information content (AvgIpc) is 2.79. The zero-order valence-electron chi connectivity index (χ0n) is 16.8. The monoisotopic (exact) mass is 436 g/mol. The number of fused-ring (bicyclic) bond motifs is 1. The van der Waals surface area contributed by atoms with E-state index in [-0.39, 0.29) is 10.7 Å². The van der Waals surface area contributed by atoms with Crippen molar-refractivity contribution < 1.29 is 18.7 Å². The van der Waals surface area contributed by atoms with Crippen molar-refractivity contribution in [1.82, 2.24) is 4.98 Å². The quantitative estimate of drug-likeness (QED) is 0.419. The predicted octanol–water partition coefficient (Wildman–Crippen LogP) is 5.96. The largest absolute Gasteiger partial charge is 0.493 e.